The SMILES string of the molecule is CCc1ccc2cc(C(F)(F)F)[nH]c2c1. The second kappa shape index (κ2) is 3.29. The van der Waals surface area contributed by atoms with Crippen molar-refractivity contribution in [2.24, 2.45) is 0 Å². The first-order valence-electron chi connectivity index (χ1n) is 4.69. The number of alkyl halides is 3. The van der Waals surface area contributed by atoms with Crippen LogP contribution in [0.25, 0.3) is 10.9 Å². The van der Waals surface area contributed by atoms with Crippen molar-refractivity contribution < 1.29 is 13.2 Å². The Hall–Kier alpha value is -1.45. The summed E-state index contributed by atoms with van der Waals surface area (Å²) in [5, 5.41) is 0.597. The van der Waals surface area contributed by atoms with Crippen molar-refractivity contribution in [3.05, 3.63) is 35.5 Å². The van der Waals surface area contributed by atoms with E-state index in [0.29, 0.717) is 10.9 Å². The van der Waals surface area contributed by atoms with Gasteiger partial charge in [-0.1, -0.05) is 19.1 Å². The molecule has 2 aromatic rings. The molecule has 80 valence electrons. The molecule has 1 nitrogen and oxygen atoms in total. The number of fused-ring (bicyclic) bond motifs is 1. The predicted octanol–water partition coefficient (Wildman–Crippen LogP) is 3.75. The van der Waals surface area contributed by atoms with Gasteiger partial charge in [-0.05, 0) is 24.1 Å². The highest BCUT2D eigenvalue weighted by Gasteiger charge is 2.32. The molecule has 0 saturated heterocycles. The summed E-state index contributed by atoms with van der Waals surface area (Å²) >= 11 is 0. The molecule has 0 spiro atoms. The lowest BCUT2D eigenvalue weighted by molar-refractivity contribution is -0.140. The van der Waals surface area contributed by atoms with E-state index in [0.717, 1.165) is 18.1 Å². The number of rotatable bonds is 1. The molecule has 0 aliphatic heterocycles. The minimum Gasteiger partial charge on any atom is -0.351 e. The lowest BCUT2D eigenvalue weighted by Gasteiger charge is -2.00. The first-order chi connectivity index (χ1) is 7.00. The minimum absolute atomic E-state index is 0.543. The molecule has 1 aromatic carbocycles. The van der Waals surface area contributed by atoms with Gasteiger partial charge in [-0.15, -0.1) is 0 Å². The van der Waals surface area contributed by atoms with Gasteiger partial charge >= 0.3 is 6.18 Å². The van der Waals surface area contributed by atoms with Gasteiger partial charge in [0, 0.05) is 10.9 Å². The molecule has 0 fully saturated rings. The Morgan fingerprint density at radius 2 is 1.93 bits per heavy atom. The van der Waals surface area contributed by atoms with Crippen molar-refractivity contribution in [3.63, 3.8) is 0 Å². The maximum absolute atomic E-state index is 12.4. The van der Waals surface area contributed by atoms with Gasteiger partial charge in [-0.25, -0.2) is 0 Å². The zero-order valence-corrected chi connectivity index (χ0v) is 8.15. The van der Waals surface area contributed by atoms with E-state index >= 15 is 0 Å². The summed E-state index contributed by atoms with van der Waals surface area (Å²) in [6.07, 6.45) is -3.48. The molecule has 15 heavy (non-hydrogen) atoms. The molecule has 0 aliphatic rings. The minimum atomic E-state index is -4.30. The summed E-state index contributed by atoms with van der Waals surface area (Å²) < 4.78 is 37.1. The van der Waals surface area contributed by atoms with Gasteiger partial charge in [0.15, 0.2) is 0 Å². The predicted molar refractivity (Wildman–Crippen MR) is 52.7 cm³/mol. The average Bonchev–Trinajstić information content (AvgIpc) is 2.59. The third-order valence-corrected chi connectivity index (χ3v) is 2.40. The van der Waals surface area contributed by atoms with Crippen LogP contribution in [0, 0.1) is 0 Å². The number of H-pyrrole nitrogens is 1. The normalized spacial score (nSPS) is 12.3. The molecular weight excluding hydrogens is 203 g/mol. The van der Waals surface area contributed by atoms with Gasteiger partial charge in [0.05, 0.1) is 0 Å². The first-order valence-corrected chi connectivity index (χ1v) is 4.69. The summed E-state index contributed by atoms with van der Waals surface area (Å²) in [4.78, 5) is 2.39. The number of halogens is 3. The van der Waals surface area contributed by atoms with Crippen LogP contribution in [-0.4, -0.2) is 4.98 Å². The van der Waals surface area contributed by atoms with Crippen LogP contribution in [0.2, 0.25) is 0 Å². The average molecular weight is 213 g/mol. The maximum atomic E-state index is 12.4. The van der Waals surface area contributed by atoms with Crippen molar-refractivity contribution in [2.75, 3.05) is 0 Å². The number of benzene rings is 1. The fraction of sp³-hybridized carbons (Fsp3) is 0.273. The molecule has 1 N–H and O–H groups in total. The number of nitrogens with one attached hydrogen (secondary N) is 1. The summed E-state index contributed by atoms with van der Waals surface area (Å²) in [5.41, 5.74) is 0.880. The topological polar surface area (TPSA) is 15.8 Å². The van der Waals surface area contributed by atoms with Crippen LogP contribution in [0.5, 0.6) is 0 Å². The molecule has 1 aromatic heterocycles. The number of aromatic nitrogens is 1. The fourth-order valence-corrected chi connectivity index (χ4v) is 1.55. The Morgan fingerprint density at radius 1 is 1.20 bits per heavy atom. The molecule has 0 bridgehead atoms. The lowest BCUT2D eigenvalue weighted by atomic mass is 10.1. The Bertz CT molecular complexity index is 482. The molecule has 1 heterocycles. The summed E-state index contributed by atoms with van der Waals surface area (Å²) in [5.74, 6) is 0. The molecule has 2 rings (SSSR count). The summed E-state index contributed by atoms with van der Waals surface area (Å²) in [7, 11) is 0. The van der Waals surface area contributed by atoms with Gasteiger partial charge < -0.3 is 4.98 Å². The molecule has 0 unspecified atom stereocenters. The van der Waals surface area contributed by atoms with Gasteiger partial charge in [0.1, 0.15) is 5.69 Å². The van der Waals surface area contributed by atoms with Crippen LogP contribution in [-0.2, 0) is 12.6 Å². The Kier molecular flexibility index (Phi) is 2.21. The molecule has 4 heteroatoms. The van der Waals surface area contributed by atoms with Crippen LogP contribution >= 0.6 is 0 Å². The first kappa shape index (κ1) is 10.1. The molecule has 0 saturated carbocycles. The van der Waals surface area contributed by atoms with Gasteiger partial charge in [-0.3, -0.25) is 0 Å². The molecule has 0 amide bonds. The highest BCUT2D eigenvalue weighted by Crippen LogP contribution is 2.31. The van der Waals surface area contributed by atoms with Gasteiger partial charge in [0.2, 0.25) is 0 Å². The number of hydrogen-bond donors (Lipinski definition) is 1. The van der Waals surface area contributed by atoms with E-state index in [1.54, 1.807) is 12.1 Å². The zero-order chi connectivity index (χ0) is 11.1. The Labute approximate surface area is 84.9 Å². The Balaban J connectivity index is 2.56. The quantitative estimate of drug-likeness (QED) is 0.742. The second-order valence-electron chi connectivity index (χ2n) is 3.46. The van der Waals surface area contributed by atoms with E-state index in [2.05, 4.69) is 4.98 Å². The van der Waals surface area contributed by atoms with Crippen molar-refractivity contribution >= 4 is 10.9 Å². The third kappa shape index (κ3) is 1.84. The van der Waals surface area contributed by atoms with Gasteiger partial charge in [-0.2, -0.15) is 13.2 Å². The maximum Gasteiger partial charge on any atom is 0.431 e. The highest BCUT2D eigenvalue weighted by molar-refractivity contribution is 5.81. The molecular formula is C11H10F3N. The number of hydrogen-bond acceptors (Lipinski definition) is 0. The molecule has 0 atom stereocenters. The number of aromatic amines is 1. The summed E-state index contributed by atoms with van der Waals surface area (Å²) in [6, 6.07) is 6.44. The lowest BCUT2D eigenvalue weighted by Crippen LogP contribution is -2.04. The molecule has 0 radical (unpaired) electrons. The van der Waals surface area contributed by atoms with Crippen LogP contribution in [0.4, 0.5) is 13.2 Å². The van der Waals surface area contributed by atoms with E-state index in [4.69, 9.17) is 0 Å². The van der Waals surface area contributed by atoms with Crippen LogP contribution in [0.1, 0.15) is 18.2 Å². The van der Waals surface area contributed by atoms with E-state index in [-0.39, 0.29) is 0 Å². The Morgan fingerprint density at radius 3 is 2.53 bits per heavy atom. The fourth-order valence-electron chi connectivity index (χ4n) is 1.55. The van der Waals surface area contributed by atoms with Crippen molar-refractivity contribution in [1.82, 2.24) is 4.98 Å². The smallest absolute Gasteiger partial charge is 0.351 e. The molecule has 0 aliphatic carbocycles. The van der Waals surface area contributed by atoms with Crippen LogP contribution in [0.3, 0.4) is 0 Å². The van der Waals surface area contributed by atoms with E-state index in [9.17, 15) is 13.2 Å². The third-order valence-electron chi connectivity index (χ3n) is 2.40. The monoisotopic (exact) mass is 213 g/mol. The standard InChI is InChI=1S/C11H10F3N/c1-2-7-3-4-8-6-10(11(12,13)14)15-9(8)5-7/h3-6,15H,2H2,1H3. The second-order valence-corrected chi connectivity index (χ2v) is 3.46. The van der Waals surface area contributed by atoms with Crippen molar-refractivity contribution in [2.45, 2.75) is 19.5 Å². The van der Waals surface area contributed by atoms with Crippen LogP contribution in [0.15, 0.2) is 24.3 Å². The van der Waals surface area contributed by atoms with E-state index in [1.165, 1.54) is 0 Å². The van der Waals surface area contributed by atoms with Crippen molar-refractivity contribution in [1.29, 1.82) is 0 Å². The van der Waals surface area contributed by atoms with Crippen LogP contribution < -0.4 is 0 Å². The highest BCUT2D eigenvalue weighted by atomic mass is 19.4. The van der Waals surface area contributed by atoms with Gasteiger partial charge in [0.25, 0.3) is 0 Å². The van der Waals surface area contributed by atoms with E-state index < -0.39 is 11.9 Å². The van der Waals surface area contributed by atoms with E-state index in [1.807, 2.05) is 13.0 Å². The zero-order valence-electron chi connectivity index (χ0n) is 8.15. The largest absolute Gasteiger partial charge is 0.431 e. The summed E-state index contributed by atoms with van der Waals surface area (Å²) in [6.45, 7) is 1.97. The number of aryl methyl sites for hydroxylation is 1. The van der Waals surface area contributed by atoms with Crippen molar-refractivity contribution in [3.8, 4) is 0 Å².